The molecule has 7 nitrogen and oxygen atoms in total. The standard InChI is InChI=1S/C13H18BrNO6S/c1-5(2)21-9(19)7(16)13(14)10(20)15-6(8(17)18)12(3,4)22-11(13)15/h5-7,11,16H,1-4H3,(H,17,18)/t6-,7?,11+,13-/m0/s1. The van der Waals surface area contributed by atoms with Crippen molar-refractivity contribution in [2.24, 2.45) is 0 Å². The van der Waals surface area contributed by atoms with Gasteiger partial charge < -0.3 is 19.8 Å². The summed E-state index contributed by atoms with van der Waals surface area (Å²) in [6.07, 6.45) is -2.12. The lowest BCUT2D eigenvalue weighted by Gasteiger charge is -2.50. The van der Waals surface area contributed by atoms with E-state index in [2.05, 4.69) is 15.9 Å². The Bertz CT molecular complexity index is 539. The molecule has 2 fully saturated rings. The third kappa shape index (κ3) is 2.33. The number of thioether (sulfide) groups is 1. The van der Waals surface area contributed by atoms with Gasteiger partial charge in [-0.2, -0.15) is 0 Å². The van der Waals surface area contributed by atoms with Crippen LogP contribution in [0.25, 0.3) is 0 Å². The molecule has 0 bridgehead atoms. The zero-order chi connectivity index (χ0) is 17.0. The van der Waals surface area contributed by atoms with Crippen molar-refractivity contribution in [1.29, 1.82) is 0 Å². The minimum Gasteiger partial charge on any atom is -0.480 e. The first-order valence-corrected chi connectivity index (χ1v) is 8.42. The molecule has 0 aromatic rings. The van der Waals surface area contributed by atoms with Gasteiger partial charge in [-0.3, -0.25) is 4.79 Å². The average molecular weight is 396 g/mol. The van der Waals surface area contributed by atoms with E-state index in [-0.39, 0.29) is 0 Å². The van der Waals surface area contributed by atoms with E-state index in [1.807, 2.05) is 0 Å². The Balaban J connectivity index is 2.28. The normalized spacial score (nSPS) is 34.1. The summed E-state index contributed by atoms with van der Waals surface area (Å²) < 4.78 is 2.66. The number of amides is 1. The van der Waals surface area contributed by atoms with Crippen LogP contribution in [-0.2, 0) is 19.1 Å². The molecule has 0 spiro atoms. The maximum absolute atomic E-state index is 12.4. The van der Waals surface area contributed by atoms with Gasteiger partial charge in [0.2, 0.25) is 5.91 Å². The van der Waals surface area contributed by atoms with Gasteiger partial charge in [0.1, 0.15) is 11.4 Å². The number of hydrogen-bond donors (Lipinski definition) is 2. The lowest BCUT2D eigenvalue weighted by Crippen LogP contribution is -2.75. The molecule has 0 aromatic carbocycles. The number of nitrogens with zero attached hydrogens (tertiary/aromatic N) is 1. The van der Waals surface area contributed by atoms with E-state index in [1.54, 1.807) is 27.7 Å². The molecule has 0 aliphatic carbocycles. The van der Waals surface area contributed by atoms with Gasteiger partial charge in [-0.05, 0) is 27.7 Å². The van der Waals surface area contributed by atoms with E-state index >= 15 is 0 Å². The molecule has 1 amide bonds. The topological polar surface area (TPSA) is 104 Å². The molecule has 4 atom stereocenters. The first-order chi connectivity index (χ1) is 9.94. The zero-order valence-electron chi connectivity index (χ0n) is 12.6. The number of β-lactam (4-membered cyclic amide) rings is 1. The quantitative estimate of drug-likeness (QED) is 0.407. The molecule has 2 N–H and O–H groups in total. The van der Waals surface area contributed by atoms with Crippen molar-refractivity contribution in [3.05, 3.63) is 0 Å². The summed E-state index contributed by atoms with van der Waals surface area (Å²) >= 11 is 4.41. The minimum absolute atomic E-state index is 0.427. The van der Waals surface area contributed by atoms with Crippen molar-refractivity contribution >= 4 is 45.5 Å². The van der Waals surface area contributed by atoms with Crippen molar-refractivity contribution in [1.82, 2.24) is 4.90 Å². The maximum Gasteiger partial charge on any atom is 0.337 e. The molecule has 1 unspecified atom stereocenters. The number of aliphatic carboxylic acids is 1. The summed E-state index contributed by atoms with van der Waals surface area (Å²) in [6.45, 7) is 6.70. The molecule has 2 rings (SSSR count). The van der Waals surface area contributed by atoms with Gasteiger partial charge in [-0.25, -0.2) is 9.59 Å². The molecule has 2 heterocycles. The van der Waals surface area contributed by atoms with Crippen molar-refractivity contribution in [2.75, 3.05) is 0 Å². The number of hydrogen-bond acceptors (Lipinski definition) is 6. The number of rotatable bonds is 4. The first-order valence-electron chi connectivity index (χ1n) is 6.75. The van der Waals surface area contributed by atoms with Crippen LogP contribution in [0.3, 0.4) is 0 Å². The Morgan fingerprint density at radius 3 is 2.41 bits per heavy atom. The molecular weight excluding hydrogens is 378 g/mol. The van der Waals surface area contributed by atoms with Gasteiger partial charge >= 0.3 is 11.9 Å². The molecule has 2 aliphatic rings. The van der Waals surface area contributed by atoms with Crippen LogP contribution in [0.2, 0.25) is 0 Å². The number of aliphatic hydroxyl groups is 1. The smallest absolute Gasteiger partial charge is 0.337 e. The van der Waals surface area contributed by atoms with Crippen molar-refractivity contribution in [3.8, 4) is 0 Å². The second kappa shape index (κ2) is 5.38. The Kier molecular flexibility index (Phi) is 4.29. The fourth-order valence-corrected chi connectivity index (χ4v) is 5.31. The fraction of sp³-hybridized carbons (Fsp3) is 0.769. The third-order valence-electron chi connectivity index (χ3n) is 3.73. The Morgan fingerprint density at radius 1 is 1.41 bits per heavy atom. The lowest BCUT2D eigenvalue weighted by molar-refractivity contribution is -0.174. The number of carbonyl (C=O) groups is 3. The highest BCUT2D eigenvalue weighted by Gasteiger charge is 2.74. The van der Waals surface area contributed by atoms with Crippen LogP contribution in [0, 0.1) is 0 Å². The number of carbonyl (C=O) groups excluding carboxylic acids is 2. The Labute approximate surface area is 140 Å². The van der Waals surface area contributed by atoms with Crippen molar-refractivity contribution in [3.63, 3.8) is 0 Å². The largest absolute Gasteiger partial charge is 0.480 e. The van der Waals surface area contributed by atoms with Gasteiger partial charge in [0.15, 0.2) is 10.4 Å². The first kappa shape index (κ1) is 17.6. The summed E-state index contributed by atoms with van der Waals surface area (Å²) in [5.41, 5.74) is 0. The van der Waals surface area contributed by atoms with Crippen LogP contribution in [0.15, 0.2) is 0 Å². The highest BCUT2D eigenvalue weighted by atomic mass is 79.9. The Hall–Kier alpha value is -0.800. The summed E-state index contributed by atoms with van der Waals surface area (Å²) in [4.78, 5) is 37.0. The number of esters is 1. The predicted molar refractivity (Wildman–Crippen MR) is 82.6 cm³/mol. The van der Waals surface area contributed by atoms with Gasteiger partial charge in [0.05, 0.1) is 6.10 Å². The molecule has 0 aromatic heterocycles. The number of aliphatic hydroxyl groups excluding tert-OH is 1. The van der Waals surface area contributed by atoms with Crippen molar-refractivity contribution in [2.45, 2.75) is 60.4 Å². The summed E-state index contributed by atoms with van der Waals surface area (Å²) in [5.74, 6) is -2.63. The molecule has 0 radical (unpaired) electrons. The highest BCUT2D eigenvalue weighted by Crippen LogP contribution is 2.59. The molecule has 124 valence electrons. The van der Waals surface area contributed by atoms with Crippen LogP contribution in [0.1, 0.15) is 27.7 Å². The van der Waals surface area contributed by atoms with E-state index < -0.39 is 50.5 Å². The van der Waals surface area contributed by atoms with Gasteiger partial charge in [0.25, 0.3) is 0 Å². The number of carboxylic acid groups (broad SMARTS) is 1. The van der Waals surface area contributed by atoms with Crippen LogP contribution in [0.5, 0.6) is 0 Å². The summed E-state index contributed by atoms with van der Waals surface area (Å²) in [5, 5.41) is 18.9. The molecule has 9 heteroatoms. The third-order valence-corrected chi connectivity index (χ3v) is 6.90. The van der Waals surface area contributed by atoms with E-state index in [4.69, 9.17) is 4.74 Å². The van der Waals surface area contributed by atoms with Gasteiger partial charge in [-0.15, -0.1) is 11.8 Å². The molecule has 0 saturated carbocycles. The maximum atomic E-state index is 12.4. The SMILES string of the molecule is CC(C)OC(=O)C(O)[C@]1(Br)C(=O)N2[C@@H](C(=O)O)C(C)(C)S[C@@H]21. The van der Waals surface area contributed by atoms with Crippen LogP contribution >= 0.6 is 27.7 Å². The molecule has 2 saturated heterocycles. The number of carboxylic acids is 1. The minimum atomic E-state index is -1.69. The number of halogens is 1. The second-order valence-corrected chi connectivity index (χ2v) is 9.23. The van der Waals surface area contributed by atoms with Crippen LogP contribution < -0.4 is 0 Å². The number of ether oxygens (including phenoxy) is 1. The molecule has 22 heavy (non-hydrogen) atoms. The number of alkyl halides is 1. The molecular formula is C13H18BrNO6S. The zero-order valence-corrected chi connectivity index (χ0v) is 15.0. The van der Waals surface area contributed by atoms with Gasteiger partial charge in [0, 0.05) is 4.75 Å². The highest BCUT2D eigenvalue weighted by molar-refractivity contribution is 9.10. The van der Waals surface area contributed by atoms with E-state index in [1.165, 1.54) is 16.7 Å². The monoisotopic (exact) mass is 395 g/mol. The van der Waals surface area contributed by atoms with Crippen LogP contribution in [-0.4, -0.2) is 65.7 Å². The second-order valence-electron chi connectivity index (χ2n) is 6.18. The Morgan fingerprint density at radius 2 is 1.95 bits per heavy atom. The lowest BCUT2D eigenvalue weighted by atomic mass is 9.87. The van der Waals surface area contributed by atoms with Gasteiger partial charge in [-0.1, -0.05) is 15.9 Å². The molecule has 2 aliphatic heterocycles. The van der Waals surface area contributed by atoms with Crippen LogP contribution in [0.4, 0.5) is 0 Å². The fourth-order valence-electron chi connectivity index (χ4n) is 2.77. The number of fused-ring (bicyclic) bond motifs is 1. The predicted octanol–water partition coefficient (Wildman–Crippen LogP) is 0.580. The average Bonchev–Trinajstić information content (AvgIpc) is 2.65. The van der Waals surface area contributed by atoms with E-state index in [0.29, 0.717) is 0 Å². The van der Waals surface area contributed by atoms with E-state index in [9.17, 15) is 24.6 Å². The van der Waals surface area contributed by atoms with E-state index in [0.717, 1.165) is 0 Å². The summed E-state index contributed by atoms with van der Waals surface area (Å²) in [6, 6.07) is -1.01. The van der Waals surface area contributed by atoms with Crippen molar-refractivity contribution < 1.29 is 29.3 Å². The summed E-state index contributed by atoms with van der Waals surface area (Å²) in [7, 11) is 0.